The van der Waals surface area contributed by atoms with Gasteiger partial charge in [0.15, 0.2) is 5.79 Å². The van der Waals surface area contributed by atoms with Gasteiger partial charge in [0.2, 0.25) is 0 Å². The number of hydrogen-bond acceptors (Lipinski definition) is 5. The first kappa shape index (κ1) is 15.8. The van der Waals surface area contributed by atoms with Crippen molar-refractivity contribution in [1.82, 2.24) is 0 Å². The van der Waals surface area contributed by atoms with Crippen molar-refractivity contribution in [2.45, 2.75) is 58.0 Å². The Labute approximate surface area is 112 Å². The fourth-order valence-electron chi connectivity index (χ4n) is 2.17. The molecule has 0 spiro atoms. The fourth-order valence-corrected chi connectivity index (χ4v) is 2.17. The van der Waals surface area contributed by atoms with Gasteiger partial charge in [0.1, 0.15) is 0 Å². The molecule has 1 fully saturated rings. The molecule has 1 rings (SSSR count). The zero-order chi connectivity index (χ0) is 14.3. The summed E-state index contributed by atoms with van der Waals surface area (Å²) in [5, 5.41) is 3.50. The van der Waals surface area contributed by atoms with Crippen LogP contribution in [0.2, 0.25) is 0 Å². The quantitative estimate of drug-likeness (QED) is 0.321. The zero-order valence-electron chi connectivity index (χ0n) is 11.7. The van der Waals surface area contributed by atoms with E-state index in [0.717, 1.165) is 0 Å². The van der Waals surface area contributed by atoms with Gasteiger partial charge >= 0.3 is 5.97 Å². The van der Waals surface area contributed by atoms with E-state index >= 15 is 0 Å². The molecule has 108 valence electrons. The highest BCUT2D eigenvalue weighted by atomic mass is 16.7. The Balaban J connectivity index is 2.52. The minimum atomic E-state index is -0.740. The molecular weight excluding hydrogens is 250 g/mol. The van der Waals surface area contributed by atoms with Gasteiger partial charge < -0.3 is 14.2 Å². The fraction of sp³-hybridized carbons (Fsp3) is 0.917. The summed E-state index contributed by atoms with van der Waals surface area (Å²) in [5.74, 6) is -1.00. The summed E-state index contributed by atoms with van der Waals surface area (Å²) in [5.41, 5.74) is 8.26. The van der Waals surface area contributed by atoms with E-state index in [4.69, 9.17) is 19.7 Å². The average molecular weight is 271 g/mol. The molecule has 0 aliphatic carbocycles. The molecule has 0 radical (unpaired) electrons. The molecule has 0 unspecified atom stereocenters. The standard InChI is InChI=1S/C12H21N3O4/c1-4-17-11(16)8-10-7-9(5-6-14-15-13)18-12(2,3)19-10/h9-10H,4-8H2,1-3H3/t9-,10-/m1/s1. The third-order valence-electron chi connectivity index (χ3n) is 2.74. The first-order chi connectivity index (χ1) is 8.96. The lowest BCUT2D eigenvalue weighted by atomic mass is 10.0. The second-order valence-electron chi connectivity index (χ2n) is 4.87. The third-order valence-corrected chi connectivity index (χ3v) is 2.74. The average Bonchev–Trinajstić information content (AvgIpc) is 2.27. The number of nitrogens with zero attached hydrogens (tertiary/aromatic N) is 3. The summed E-state index contributed by atoms with van der Waals surface area (Å²) in [6.45, 7) is 6.14. The van der Waals surface area contributed by atoms with Crippen molar-refractivity contribution in [2.75, 3.05) is 13.2 Å². The Morgan fingerprint density at radius 1 is 1.47 bits per heavy atom. The third kappa shape index (κ3) is 5.92. The molecule has 19 heavy (non-hydrogen) atoms. The van der Waals surface area contributed by atoms with Crippen LogP contribution in [0.1, 0.15) is 40.0 Å². The van der Waals surface area contributed by atoms with Crippen LogP contribution in [-0.2, 0) is 19.0 Å². The lowest BCUT2D eigenvalue weighted by molar-refractivity contribution is -0.300. The van der Waals surface area contributed by atoms with Gasteiger partial charge in [0.25, 0.3) is 0 Å². The maximum Gasteiger partial charge on any atom is 0.308 e. The SMILES string of the molecule is CCOC(=O)C[C@H]1C[C@@H](CCN=[N+]=[N-])OC(C)(C)O1. The maximum atomic E-state index is 11.5. The first-order valence-corrected chi connectivity index (χ1v) is 6.49. The minimum absolute atomic E-state index is 0.0753. The Morgan fingerprint density at radius 3 is 2.79 bits per heavy atom. The monoisotopic (exact) mass is 271 g/mol. The van der Waals surface area contributed by atoms with Crippen molar-refractivity contribution in [3.63, 3.8) is 0 Å². The number of azide groups is 1. The van der Waals surface area contributed by atoms with E-state index in [2.05, 4.69) is 10.0 Å². The first-order valence-electron chi connectivity index (χ1n) is 6.49. The summed E-state index contributed by atoms with van der Waals surface area (Å²) in [6, 6.07) is 0. The number of carbonyl (C=O) groups is 1. The minimum Gasteiger partial charge on any atom is -0.466 e. The summed E-state index contributed by atoms with van der Waals surface area (Å²) < 4.78 is 16.4. The van der Waals surface area contributed by atoms with E-state index in [-0.39, 0.29) is 24.6 Å². The molecule has 7 heteroatoms. The van der Waals surface area contributed by atoms with Crippen LogP contribution >= 0.6 is 0 Å². The molecule has 2 atom stereocenters. The van der Waals surface area contributed by atoms with Gasteiger partial charge in [0, 0.05) is 17.9 Å². The van der Waals surface area contributed by atoms with E-state index in [0.29, 0.717) is 26.0 Å². The van der Waals surface area contributed by atoms with Crippen LogP contribution in [0.25, 0.3) is 10.4 Å². The molecule has 0 aromatic heterocycles. The van der Waals surface area contributed by atoms with Crippen LogP contribution < -0.4 is 0 Å². The molecule has 0 aromatic carbocycles. The summed E-state index contributed by atoms with van der Waals surface area (Å²) >= 11 is 0. The Hall–Kier alpha value is -1.30. The lowest BCUT2D eigenvalue weighted by Crippen LogP contribution is -2.45. The molecule has 0 aromatic rings. The largest absolute Gasteiger partial charge is 0.466 e. The van der Waals surface area contributed by atoms with Crippen LogP contribution in [0, 0.1) is 0 Å². The van der Waals surface area contributed by atoms with Crippen molar-refractivity contribution in [2.24, 2.45) is 5.11 Å². The maximum absolute atomic E-state index is 11.5. The van der Waals surface area contributed by atoms with Gasteiger partial charge in [-0.05, 0) is 32.7 Å². The van der Waals surface area contributed by atoms with Crippen LogP contribution in [0.4, 0.5) is 0 Å². The summed E-state index contributed by atoms with van der Waals surface area (Å²) in [7, 11) is 0. The van der Waals surface area contributed by atoms with Crippen LogP contribution in [0.15, 0.2) is 5.11 Å². The molecule has 0 saturated carbocycles. The highest BCUT2D eigenvalue weighted by molar-refractivity contribution is 5.69. The Kier molecular flexibility index (Phi) is 6.08. The van der Waals surface area contributed by atoms with Gasteiger partial charge in [0.05, 0.1) is 25.2 Å². The highest BCUT2D eigenvalue weighted by Crippen LogP contribution is 2.29. The predicted molar refractivity (Wildman–Crippen MR) is 68.3 cm³/mol. The molecule has 1 aliphatic rings. The van der Waals surface area contributed by atoms with E-state index in [1.165, 1.54) is 0 Å². The number of esters is 1. The van der Waals surface area contributed by atoms with Gasteiger partial charge in [-0.2, -0.15) is 0 Å². The van der Waals surface area contributed by atoms with Gasteiger partial charge in [-0.1, -0.05) is 5.11 Å². The smallest absolute Gasteiger partial charge is 0.308 e. The lowest BCUT2D eigenvalue weighted by Gasteiger charge is -2.40. The van der Waals surface area contributed by atoms with Crippen molar-refractivity contribution < 1.29 is 19.0 Å². The van der Waals surface area contributed by atoms with E-state index in [1.54, 1.807) is 6.92 Å². The van der Waals surface area contributed by atoms with E-state index < -0.39 is 5.79 Å². The number of hydrogen-bond donors (Lipinski definition) is 0. The molecular formula is C12H21N3O4. The summed E-state index contributed by atoms with van der Waals surface area (Å²) in [4.78, 5) is 14.2. The number of rotatable bonds is 6. The van der Waals surface area contributed by atoms with E-state index in [9.17, 15) is 4.79 Å². The zero-order valence-corrected chi connectivity index (χ0v) is 11.7. The molecule has 0 amide bonds. The van der Waals surface area contributed by atoms with Crippen molar-refractivity contribution in [3.8, 4) is 0 Å². The Bertz CT molecular complexity index is 353. The van der Waals surface area contributed by atoms with Crippen molar-refractivity contribution >= 4 is 5.97 Å². The molecule has 7 nitrogen and oxygen atoms in total. The molecule has 1 aliphatic heterocycles. The molecule has 1 saturated heterocycles. The number of carbonyl (C=O) groups excluding carboxylic acids is 1. The summed E-state index contributed by atoms with van der Waals surface area (Å²) in [6.07, 6.45) is 1.14. The second-order valence-corrected chi connectivity index (χ2v) is 4.87. The van der Waals surface area contributed by atoms with Crippen molar-refractivity contribution in [3.05, 3.63) is 10.4 Å². The van der Waals surface area contributed by atoms with Crippen molar-refractivity contribution in [1.29, 1.82) is 0 Å². The van der Waals surface area contributed by atoms with E-state index in [1.807, 2.05) is 13.8 Å². The normalized spacial score (nSPS) is 25.4. The van der Waals surface area contributed by atoms with Crippen LogP contribution in [0.3, 0.4) is 0 Å². The van der Waals surface area contributed by atoms with Gasteiger partial charge in [-0.15, -0.1) is 0 Å². The van der Waals surface area contributed by atoms with Crippen LogP contribution in [-0.4, -0.2) is 37.1 Å². The molecule has 0 bridgehead atoms. The van der Waals surface area contributed by atoms with Gasteiger partial charge in [-0.3, -0.25) is 4.79 Å². The molecule has 0 N–H and O–H groups in total. The second kappa shape index (κ2) is 7.33. The predicted octanol–water partition coefficient (Wildman–Crippen LogP) is 2.55. The number of ether oxygens (including phenoxy) is 3. The topological polar surface area (TPSA) is 93.5 Å². The molecule has 1 heterocycles. The van der Waals surface area contributed by atoms with Gasteiger partial charge in [-0.25, -0.2) is 0 Å². The Morgan fingerprint density at radius 2 is 2.16 bits per heavy atom. The highest BCUT2D eigenvalue weighted by Gasteiger charge is 2.36. The van der Waals surface area contributed by atoms with Crippen LogP contribution in [0.5, 0.6) is 0 Å².